The van der Waals surface area contributed by atoms with E-state index in [1.165, 1.54) is 5.57 Å². The van der Waals surface area contributed by atoms with Crippen molar-refractivity contribution >= 4 is 29.8 Å². The molecule has 3 amide bonds. The molecular weight excluding hydrogens is 723 g/mol. The molecule has 0 aromatic heterocycles. The maximum absolute atomic E-state index is 14.2. The summed E-state index contributed by atoms with van der Waals surface area (Å²) in [5, 5.41) is 16.1. The Morgan fingerprint density at radius 3 is 2.09 bits per heavy atom. The van der Waals surface area contributed by atoms with E-state index in [1.807, 2.05) is 25.7 Å². The van der Waals surface area contributed by atoms with Gasteiger partial charge in [0.1, 0.15) is 11.7 Å². The van der Waals surface area contributed by atoms with E-state index in [-0.39, 0.29) is 63.9 Å². The first-order valence-electron chi connectivity index (χ1n) is 22.0. The average molecular weight is 796 g/mol. The molecule has 0 aromatic carbocycles. The lowest BCUT2D eigenvalue weighted by Gasteiger charge is -2.72. The van der Waals surface area contributed by atoms with Crippen LogP contribution in [-0.4, -0.2) is 76.2 Å². The zero-order chi connectivity index (χ0) is 42.3. The van der Waals surface area contributed by atoms with Gasteiger partial charge < -0.3 is 30.1 Å². The van der Waals surface area contributed by atoms with E-state index in [9.17, 15) is 29.1 Å². The van der Waals surface area contributed by atoms with Gasteiger partial charge in [0.15, 0.2) is 5.78 Å². The van der Waals surface area contributed by atoms with Crippen molar-refractivity contribution in [1.82, 2.24) is 15.5 Å². The molecule has 3 N–H and O–H groups in total. The summed E-state index contributed by atoms with van der Waals surface area (Å²) in [7, 11) is 0. The number of ketones is 1. The summed E-state index contributed by atoms with van der Waals surface area (Å²) in [6, 6.07) is -0.183. The second-order valence-corrected chi connectivity index (χ2v) is 22.3. The number of alkyl carbamates (subject to hydrolysis) is 1. The molecule has 1 aliphatic heterocycles. The normalized spacial score (nSPS) is 36.7. The second-order valence-electron chi connectivity index (χ2n) is 22.3. The van der Waals surface area contributed by atoms with Crippen LogP contribution in [0.5, 0.6) is 0 Å². The number of carbonyl (C=O) groups excluding carboxylic acids is 4. The van der Waals surface area contributed by atoms with Crippen molar-refractivity contribution in [2.24, 2.45) is 50.7 Å². The highest BCUT2D eigenvalue weighted by Gasteiger charge is 2.70. The number of esters is 1. The molecule has 1 heterocycles. The number of ether oxygens (including phenoxy) is 2. The van der Waals surface area contributed by atoms with Crippen molar-refractivity contribution in [1.29, 1.82) is 0 Å². The zero-order valence-electron chi connectivity index (χ0n) is 37.1. The highest BCUT2D eigenvalue weighted by Crippen LogP contribution is 2.76. The summed E-state index contributed by atoms with van der Waals surface area (Å²) < 4.78 is 11.6. The van der Waals surface area contributed by atoms with Gasteiger partial charge in [-0.3, -0.25) is 14.4 Å². The van der Waals surface area contributed by atoms with Crippen LogP contribution in [-0.2, 0) is 23.9 Å². The molecule has 6 aliphatic rings. The standard InChI is InChI=1S/C46H73N3O8/c1-27(2)35-30(50)25-46(48-38(54)49-23-17-28(18-24-49)47-39(55)57-40(3,4)5)22-21-44(11)29(36(35)46)13-14-32-43(10)19-16-33(56-34(51)26-41(6,7)37(52)53)42(8,9)31(43)15-20-45(32,44)12/h27-29,31-33H,13-26H2,1-12H3,(H,47,55)(H,48,54)(H,52,53)/t29?,31?,32?,33-,43?,44+,45+,46?/m0/s1. The predicted molar refractivity (Wildman–Crippen MR) is 218 cm³/mol. The average Bonchev–Trinajstić information content (AvgIpc) is 3.37. The Kier molecular flexibility index (Phi) is 11.1. The van der Waals surface area contributed by atoms with Crippen molar-refractivity contribution in [3.05, 3.63) is 11.1 Å². The number of hydrogen-bond donors (Lipinski definition) is 3. The summed E-state index contributed by atoms with van der Waals surface area (Å²) in [6.07, 6.45) is 8.20. The van der Waals surface area contributed by atoms with Crippen molar-refractivity contribution < 1.29 is 38.6 Å². The monoisotopic (exact) mass is 796 g/mol. The molecule has 0 radical (unpaired) electrons. The van der Waals surface area contributed by atoms with Gasteiger partial charge in [-0.2, -0.15) is 0 Å². The molecule has 6 rings (SSSR count). The van der Waals surface area contributed by atoms with Crippen LogP contribution in [0.15, 0.2) is 11.1 Å². The lowest BCUT2D eigenvalue weighted by molar-refractivity contribution is -0.232. The molecule has 8 atom stereocenters. The molecule has 11 heteroatoms. The number of urea groups is 1. The highest BCUT2D eigenvalue weighted by atomic mass is 16.6. The number of carboxylic acid groups (broad SMARTS) is 1. The first-order chi connectivity index (χ1) is 26.2. The van der Waals surface area contributed by atoms with Crippen LogP contribution in [0.25, 0.3) is 0 Å². The minimum Gasteiger partial charge on any atom is -0.481 e. The Hall–Kier alpha value is -3.11. The van der Waals surface area contributed by atoms with Gasteiger partial charge in [-0.05, 0) is 150 Å². The van der Waals surface area contributed by atoms with E-state index < -0.39 is 34.6 Å². The Balaban J connectivity index is 1.21. The molecule has 57 heavy (non-hydrogen) atoms. The zero-order valence-corrected chi connectivity index (χ0v) is 37.1. The highest BCUT2D eigenvalue weighted by molar-refractivity contribution is 6.02. The number of amides is 3. The number of aliphatic carboxylic acids is 1. The van der Waals surface area contributed by atoms with Gasteiger partial charge in [0, 0.05) is 31.0 Å². The Labute approximate surface area is 341 Å². The van der Waals surface area contributed by atoms with Crippen molar-refractivity contribution in [3.8, 4) is 0 Å². The van der Waals surface area contributed by atoms with E-state index in [0.29, 0.717) is 44.2 Å². The van der Waals surface area contributed by atoms with E-state index in [1.54, 1.807) is 13.8 Å². The third kappa shape index (κ3) is 7.42. The van der Waals surface area contributed by atoms with Crippen LogP contribution in [0, 0.1) is 50.7 Å². The second kappa shape index (κ2) is 14.6. The third-order valence-electron chi connectivity index (χ3n) is 16.7. The molecule has 0 bridgehead atoms. The van der Waals surface area contributed by atoms with Gasteiger partial charge in [0.05, 0.1) is 17.4 Å². The molecule has 5 aliphatic carbocycles. The number of likely N-dealkylation sites (tertiary alicyclic amines) is 1. The van der Waals surface area contributed by atoms with Crippen LogP contribution >= 0.6 is 0 Å². The number of rotatable bonds is 7. The van der Waals surface area contributed by atoms with Crippen LogP contribution < -0.4 is 10.6 Å². The maximum atomic E-state index is 14.2. The number of carboxylic acids is 1. The molecule has 11 nitrogen and oxygen atoms in total. The number of nitrogens with one attached hydrogen (secondary N) is 2. The number of carbonyl (C=O) groups is 5. The van der Waals surface area contributed by atoms with Gasteiger partial charge in [0.25, 0.3) is 0 Å². The number of hydrogen-bond acceptors (Lipinski definition) is 7. The Bertz CT molecular complexity index is 1690. The SMILES string of the molecule is CC(C)C1=C2C3CCC4C5(C)CC[C@H](OC(=O)CC(C)(C)C(=O)O)C(C)(C)C5CC[C@@]4(C)[C@]3(C)CCC2(NC(=O)N2CCC(NC(=O)OC(C)(C)C)CC2)CC1=O. The summed E-state index contributed by atoms with van der Waals surface area (Å²) in [5.74, 6) is -0.233. The summed E-state index contributed by atoms with van der Waals surface area (Å²) in [5.41, 5.74) is -0.611. The fourth-order valence-electron chi connectivity index (χ4n) is 13.6. The number of allylic oxidation sites excluding steroid dienone is 1. The topological polar surface area (TPSA) is 151 Å². The molecule has 320 valence electrons. The quantitative estimate of drug-likeness (QED) is 0.216. The van der Waals surface area contributed by atoms with Crippen molar-refractivity contribution in [3.63, 3.8) is 0 Å². The first-order valence-corrected chi connectivity index (χ1v) is 22.0. The minimum absolute atomic E-state index is 0.00614. The van der Waals surface area contributed by atoms with Crippen molar-refractivity contribution in [2.45, 2.75) is 183 Å². The Morgan fingerprint density at radius 1 is 0.842 bits per heavy atom. The van der Waals surface area contributed by atoms with E-state index in [4.69, 9.17) is 9.47 Å². The first kappa shape index (κ1) is 43.5. The molecule has 5 fully saturated rings. The maximum Gasteiger partial charge on any atom is 0.407 e. The number of Topliss-reactive ketones (excluding diaryl/α,β-unsaturated/α-hetero) is 1. The number of nitrogens with zero attached hydrogens (tertiary/aromatic N) is 1. The fourth-order valence-corrected chi connectivity index (χ4v) is 13.6. The van der Waals surface area contributed by atoms with Gasteiger partial charge in [0.2, 0.25) is 0 Å². The lowest BCUT2D eigenvalue weighted by Crippen LogP contribution is -2.67. The summed E-state index contributed by atoms with van der Waals surface area (Å²) >= 11 is 0. The van der Waals surface area contributed by atoms with Crippen LogP contribution in [0.1, 0.15) is 160 Å². The fraction of sp³-hybridized carbons (Fsp3) is 0.848. The molecule has 5 unspecified atom stereocenters. The van der Waals surface area contributed by atoms with Crippen LogP contribution in [0.3, 0.4) is 0 Å². The smallest absolute Gasteiger partial charge is 0.407 e. The van der Waals surface area contributed by atoms with Gasteiger partial charge in [-0.25, -0.2) is 9.59 Å². The van der Waals surface area contributed by atoms with Gasteiger partial charge >= 0.3 is 24.1 Å². The number of fused-ring (bicyclic) bond motifs is 7. The van der Waals surface area contributed by atoms with Gasteiger partial charge in [-0.1, -0.05) is 48.5 Å². The summed E-state index contributed by atoms with van der Waals surface area (Å²) in [4.78, 5) is 67.5. The lowest BCUT2D eigenvalue weighted by atomic mass is 9.33. The number of piperidine rings is 1. The molecule has 0 aromatic rings. The molecule has 4 saturated carbocycles. The van der Waals surface area contributed by atoms with Crippen LogP contribution in [0.4, 0.5) is 9.59 Å². The van der Waals surface area contributed by atoms with Crippen LogP contribution in [0.2, 0.25) is 0 Å². The van der Waals surface area contributed by atoms with E-state index >= 15 is 0 Å². The summed E-state index contributed by atoms with van der Waals surface area (Å²) in [6.45, 7) is 26.0. The Morgan fingerprint density at radius 2 is 1.49 bits per heavy atom. The third-order valence-corrected chi connectivity index (χ3v) is 16.7. The molecule has 0 spiro atoms. The minimum atomic E-state index is -1.18. The largest absolute Gasteiger partial charge is 0.481 e. The van der Waals surface area contributed by atoms with E-state index in [0.717, 1.165) is 56.9 Å². The van der Waals surface area contributed by atoms with Gasteiger partial charge in [-0.15, -0.1) is 0 Å². The van der Waals surface area contributed by atoms with E-state index in [2.05, 4.69) is 59.1 Å². The van der Waals surface area contributed by atoms with Crippen molar-refractivity contribution in [2.75, 3.05) is 13.1 Å². The predicted octanol–water partition coefficient (Wildman–Crippen LogP) is 8.83. The molecule has 1 saturated heterocycles. The molecular formula is C46H73N3O8.